The second-order valence-corrected chi connectivity index (χ2v) is 4.32. The van der Waals surface area contributed by atoms with E-state index in [4.69, 9.17) is 0 Å². The predicted octanol–water partition coefficient (Wildman–Crippen LogP) is 2.17. The smallest absolute Gasteiger partial charge is 0.179 e. The van der Waals surface area contributed by atoms with Crippen LogP contribution in [0.5, 0.6) is 0 Å². The fraction of sp³-hybridized carbons (Fsp3) is 0.214. The van der Waals surface area contributed by atoms with Crippen LogP contribution >= 0.6 is 0 Å². The molecule has 0 aliphatic heterocycles. The van der Waals surface area contributed by atoms with E-state index in [2.05, 4.69) is 32.6 Å². The zero-order chi connectivity index (χ0) is 12.9. The molecule has 1 N–H and O–H groups in total. The minimum atomic E-state index is 0.800. The highest BCUT2D eigenvalue weighted by Crippen LogP contribution is 2.07. The molecule has 2 aromatic heterocycles. The third kappa shape index (κ3) is 2.70. The molecule has 3 rings (SSSR count). The summed E-state index contributed by atoms with van der Waals surface area (Å²) in [5.74, 6) is 0.979. The average molecular weight is 253 g/mol. The van der Waals surface area contributed by atoms with Crippen molar-refractivity contribution in [3.8, 4) is 0 Å². The molecule has 0 unspecified atom stereocenters. The zero-order valence-corrected chi connectivity index (χ0v) is 10.5. The van der Waals surface area contributed by atoms with Crippen LogP contribution in [0.4, 0.5) is 5.69 Å². The topological polar surface area (TPSA) is 55.1 Å². The van der Waals surface area contributed by atoms with Crippen LogP contribution < -0.4 is 5.32 Å². The Morgan fingerprint density at radius 1 is 1.11 bits per heavy atom. The first-order valence-electron chi connectivity index (χ1n) is 6.36. The van der Waals surface area contributed by atoms with Gasteiger partial charge in [0.1, 0.15) is 5.82 Å². The quantitative estimate of drug-likeness (QED) is 0.708. The van der Waals surface area contributed by atoms with Gasteiger partial charge in [-0.3, -0.25) is 9.38 Å². The minimum Gasteiger partial charge on any atom is -0.385 e. The van der Waals surface area contributed by atoms with Crippen molar-refractivity contribution in [3.63, 3.8) is 0 Å². The largest absolute Gasteiger partial charge is 0.385 e. The van der Waals surface area contributed by atoms with Crippen molar-refractivity contribution in [2.45, 2.75) is 12.8 Å². The normalized spacial score (nSPS) is 10.7. The number of aromatic nitrogens is 4. The van der Waals surface area contributed by atoms with Crippen LogP contribution in [0.15, 0.2) is 48.9 Å². The van der Waals surface area contributed by atoms with E-state index in [0.717, 1.165) is 36.5 Å². The van der Waals surface area contributed by atoms with Crippen LogP contribution in [0.1, 0.15) is 12.2 Å². The molecule has 3 aromatic rings. The summed E-state index contributed by atoms with van der Waals surface area (Å²) < 4.78 is 1.98. The van der Waals surface area contributed by atoms with Gasteiger partial charge in [0.15, 0.2) is 5.65 Å². The minimum absolute atomic E-state index is 0.800. The van der Waals surface area contributed by atoms with Crippen molar-refractivity contribution in [1.29, 1.82) is 0 Å². The van der Waals surface area contributed by atoms with Gasteiger partial charge in [0.05, 0.1) is 6.20 Å². The number of nitrogens with zero attached hydrogens (tertiary/aromatic N) is 4. The van der Waals surface area contributed by atoms with Crippen LogP contribution in [0.25, 0.3) is 5.65 Å². The van der Waals surface area contributed by atoms with Gasteiger partial charge in [-0.1, -0.05) is 18.2 Å². The summed E-state index contributed by atoms with van der Waals surface area (Å²) in [7, 11) is 0. The SMILES string of the molecule is c1ccc(NCCCc2nnc3cnccn23)cc1. The summed E-state index contributed by atoms with van der Waals surface area (Å²) >= 11 is 0. The van der Waals surface area contributed by atoms with E-state index in [0.29, 0.717) is 0 Å². The molecule has 0 bridgehead atoms. The van der Waals surface area contributed by atoms with Crippen molar-refractivity contribution in [2.75, 3.05) is 11.9 Å². The molecule has 5 heteroatoms. The Balaban J connectivity index is 1.55. The number of para-hydroxylation sites is 1. The molecule has 0 saturated heterocycles. The lowest BCUT2D eigenvalue weighted by molar-refractivity contribution is 0.787. The highest BCUT2D eigenvalue weighted by Gasteiger charge is 2.03. The van der Waals surface area contributed by atoms with E-state index >= 15 is 0 Å². The molecule has 0 spiro atoms. The number of hydrogen-bond acceptors (Lipinski definition) is 4. The summed E-state index contributed by atoms with van der Waals surface area (Å²) in [6.45, 7) is 0.921. The number of anilines is 1. The van der Waals surface area contributed by atoms with Crippen LogP contribution in [-0.4, -0.2) is 26.1 Å². The Morgan fingerprint density at radius 2 is 2.00 bits per heavy atom. The van der Waals surface area contributed by atoms with Crippen LogP contribution in [0, 0.1) is 0 Å². The molecule has 19 heavy (non-hydrogen) atoms. The molecule has 0 fully saturated rings. The van der Waals surface area contributed by atoms with Crippen molar-refractivity contribution >= 4 is 11.3 Å². The number of benzene rings is 1. The summed E-state index contributed by atoms with van der Waals surface area (Å²) in [6.07, 6.45) is 7.28. The second kappa shape index (κ2) is 5.48. The molecule has 5 nitrogen and oxygen atoms in total. The lowest BCUT2D eigenvalue weighted by atomic mass is 10.2. The van der Waals surface area contributed by atoms with Crippen molar-refractivity contribution in [1.82, 2.24) is 19.6 Å². The summed E-state index contributed by atoms with van der Waals surface area (Å²) in [4.78, 5) is 4.03. The molecule has 0 amide bonds. The maximum absolute atomic E-state index is 4.19. The maximum atomic E-state index is 4.19. The number of rotatable bonds is 5. The van der Waals surface area contributed by atoms with Gasteiger partial charge in [-0.15, -0.1) is 10.2 Å². The van der Waals surface area contributed by atoms with E-state index in [1.165, 1.54) is 0 Å². The highest BCUT2D eigenvalue weighted by atomic mass is 15.2. The zero-order valence-electron chi connectivity index (χ0n) is 10.5. The van der Waals surface area contributed by atoms with Gasteiger partial charge in [0.25, 0.3) is 0 Å². The Labute approximate surface area is 111 Å². The first-order chi connectivity index (χ1) is 9.43. The molecule has 0 saturated carbocycles. The monoisotopic (exact) mass is 253 g/mol. The molecule has 1 aromatic carbocycles. The van der Waals surface area contributed by atoms with Crippen molar-refractivity contribution < 1.29 is 0 Å². The lowest BCUT2D eigenvalue weighted by Crippen LogP contribution is -2.04. The first kappa shape index (κ1) is 11.6. The number of fused-ring (bicyclic) bond motifs is 1. The molecule has 2 heterocycles. The Kier molecular flexibility index (Phi) is 3.36. The summed E-state index contributed by atoms with van der Waals surface area (Å²) in [5.41, 5.74) is 1.95. The van der Waals surface area contributed by atoms with E-state index in [-0.39, 0.29) is 0 Å². The van der Waals surface area contributed by atoms with E-state index < -0.39 is 0 Å². The third-order valence-electron chi connectivity index (χ3n) is 2.96. The van der Waals surface area contributed by atoms with Crippen LogP contribution in [-0.2, 0) is 6.42 Å². The van der Waals surface area contributed by atoms with Gasteiger partial charge >= 0.3 is 0 Å². The maximum Gasteiger partial charge on any atom is 0.179 e. The van der Waals surface area contributed by atoms with E-state index in [1.54, 1.807) is 12.4 Å². The second-order valence-electron chi connectivity index (χ2n) is 4.32. The predicted molar refractivity (Wildman–Crippen MR) is 74.0 cm³/mol. The first-order valence-corrected chi connectivity index (χ1v) is 6.36. The molecular formula is C14H15N5. The Hall–Kier alpha value is -2.43. The number of hydrogen-bond donors (Lipinski definition) is 1. The van der Waals surface area contributed by atoms with Gasteiger partial charge in [0.2, 0.25) is 0 Å². The number of aryl methyl sites for hydroxylation is 1. The highest BCUT2D eigenvalue weighted by molar-refractivity contribution is 5.42. The van der Waals surface area contributed by atoms with E-state index in [9.17, 15) is 0 Å². The summed E-state index contributed by atoms with van der Waals surface area (Å²) in [6, 6.07) is 10.2. The van der Waals surface area contributed by atoms with Gasteiger partial charge in [-0.05, 0) is 18.6 Å². The van der Waals surface area contributed by atoms with Crippen molar-refractivity contribution in [3.05, 3.63) is 54.7 Å². The molecule has 0 aliphatic rings. The molecular weight excluding hydrogens is 238 g/mol. The Morgan fingerprint density at radius 3 is 2.89 bits per heavy atom. The summed E-state index contributed by atoms with van der Waals surface area (Å²) in [5, 5.41) is 11.7. The molecule has 0 radical (unpaired) electrons. The standard InChI is InChI=1S/C14H15N5/c1-2-5-12(6-3-1)16-8-4-7-13-17-18-14-11-15-9-10-19(13)14/h1-3,5-6,9-11,16H,4,7-8H2. The van der Waals surface area contributed by atoms with Gasteiger partial charge in [-0.25, -0.2) is 0 Å². The number of nitrogens with one attached hydrogen (secondary N) is 1. The average Bonchev–Trinajstić information content (AvgIpc) is 2.88. The molecule has 96 valence electrons. The van der Waals surface area contributed by atoms with Crippen LogP contribution in [0.2, 0.25) is 0 Å². The van der Waals surface area contributed by atoms with Gasteiger partial charge < -0.3 is 5.32 Å². The molecule has 0 aliphatic carbocycles. The van der Waals surface area contributed by atoms with E-state index in [1.807, 2.05) is 28.8 Å². The molecule has 0 atom stereocenters. The van der Waals surface area contributed by atoms with Crippen LogP contribution in [0.3, 0.4) is 0 Å². The van der Waals surface area contributed by atoms with Crippen molar-refractivity contribution in [2.24, 2.45) is 0 Å². The third-order valence-corrected chi connectivity index (χ3v) is 2.96. The lowest BCUT2D eigenvalue weighted by Gasteiger charge is -2.05. The van der Waals surface area contributed by atoms with Gasteiger partial charge in [0, 0.05) is 31.0 Å². The fourth-order valence-corrected chi connectivity index (χ4v) is 2.01. The Bertz CT molecular complexity index is 647. The van der Waals surface area contributed by atoms with Gasteiger partial charge in [-0.2, -0.15) is 0 Å². The fourth-order valence-electron chi connectivity index (χ4n) is 2.01.